The molecule has 1 aliphatic heterocycles. The lowest BCUT2D eigenvalue weighted by atomic mass is 9.94. The van der Waals surface area contributed by atoms with Gasteiger partial charge in [-0.2, -0.15) is 0 Å². The molecule has 4 nitrogen and oxygen atoms in total. The van der Waals surface area contributed by atoms with Crippen LogP contribution in [-0.2, 0) is 10.3 Å². The van der Waals surface area contributed by atoms with Gasteiger partial charge in [0.2, 0.25) is 0 Å². The Hall–Kier alpha value is -1.16. The fourth-order valence-corrected chi connectivity index (χ4v) is 2.24. The summed E-state index contributed by atoms with van der Waals surface area (Å²) in [5.74, 6) is 2.09. The lowest BCUT2D eigenvalue weighted by Gasteiger charge is -2.32. The van der Waals surface area contributed by atoms with Crippen molar-refractivity contribution >= 4 is 5.82 Å². The number of aromatic nitrogens is 2. The highest BCUT2D eigenvalue weighted by atomic mass is 16.5. The van der Waals surface area contributed by atoms with E-state index in [1.165, 1.54) is 6.42 Å². The molecule has 1 saturated heterocycles. The molecule has 1 unspecified atom stereocenters. The van der Waals surface area contributed by atoms with Gasteiger partial charge in [0.15, 0.2) is 5.82 Å². The van der Waals surface area contributed by atoms with Crippen LogP contribution in [0, 0.1) is 0 Å². The predicted molar refractivity (Wildman–Crippen MR) is 72.8 cm³/mol. The highest BCUT2D eigenvalue weighted by Crippen LogP contribution is 2.33. The van der Waals surface area contributed by atoms with E-state index in [0.717, 1.165) is 36.8 Å². The highest BCUT2D eigenvalue weighted by Gasteiger charge is 2.33. The van der Waals surface area contributed by atoms with E-state index in [9.17, 15) is 0 Å². The van der Waals surface area contributed by atoms with Crippen LogP contribution in [0.4, 0.5) is 5.82 Å². The van der Waals surface area contributed by atoms with Gasteiger partial charge >= 0.3 is 0 Å². The molecular formula is C14H23N3O. The molecule has 0 radical (unpaired) electrons. The molecule has 0 saturated carbocycles. The van der Waals surface area contributed by atoms with Crippen molar-refractivity contribution in [3.05, 3.63) is 17.6 Å². The highest BCUT2D eigenvalue weighted by molar-refractivity contribution is 5.37. The van der Waals surface area contributed by atoms with Crippen molar-refractivity contribution in [2.24, 2.45) is 0 Å². The topological polar surface area (TPSA) is 47.0 Å². The summed E-state index contributed by atoms with van der Waals surface area (Å²) in [5.41, 5.74) is 0.745. The van der Waals surface area contributed by atoms with E-state index in [2.05, 4.69) is 31.1 Å². The van der Waals surface area contributed by atoms with E-state index in [1.807, 2.05) is 13.1 Å². The molecule has 2 rings (SSSR count). The van der Waals surface area contributed by atoms with E-state index >= 15 is 0 Å². The summed E-state index contributed by atoms with van der Waals surface area (Å²) in [6.45, 7) is 7.21. The van der Waals surface area contributed by atoms with Crippen LogP contribution in [0.5, 0.6) is 0 Å². The summed E-state index contributed by atoms with van der Waals surface area (Å²) in [6, 6.07) is 2.01. The Morgan fingerprint density at radius 3 is 2.67 bits per heavy atom. The van der Waals surface area contributed by atoms with E-state index in [0.29, 0.717) is 5.92 Å². The molecule has 1 aromatic rings. The van der Waals surface area contributed by atoms with Crippen LogP contribution in [-0.4, -0.2) is 23.6 Å². The molecule has 1 N–H and O–H groups in total. The molecule has 2 heterocycles. The normalized spacial score (nSPS) is 24.3. The van der Waals surface area contributed by atoms with Gasteiger partial charge in [-0.25, -0.2) is 9.97 Å². The van der Waals surface area contributed by atoms with Crippen LogP contribution >= 0.6 is 0 Å². The number of hydrogen-bond donors (Lipinski definition) is 1. The monoisotopic (exact) mass is 249 g/mol. The fourth-order valence-electron chi connectivity index (χ4n) is 2.24. The molecule has 1 aliphatic rings. The van der Waals surface area contributed by atoms with Gasteiger partial charge in [-0.3, -0.25) is 0 Å². The van der Waals surface area contributed by atoms with Gasteiger partial charge in [-0.15, -0.1) is 0 Å². The van der Waals surface area contributed by atoms with Crippen molar-refractivity contribution < 1.29 is 4.74 Å². The minimum absolute atomic E-state index is 0.325. The minimum atomic E-state index is -0.325. The largest absolute Gasteiger partial charge is 0.373 e. The van der Waals surface area contributed by atoms with Gasteiger partial charge in [-0.05, 0) is 32.1 Å². The van der Waals surface area contributed by atoms with Gasteiger partial charge in [0.05, 0.1) is 0 Å². The fraction of sp³-hybridized carbons (Fsp3) is 0.714. The van der Waals surface area contributed by atoms with E-state index in [4.69, 9.17) is 9.72 Å². The SMILES string of the molecule is CNc1cc(C(C)C)nc(C2(C)CCCCO2)n1. The molecule has 1 aromatic heterocycles. The first kappa shape index (κ1) is 13.3. The Bertz CT molecular complexity index is 412. The average Bonchev–Trinajstić information content (AvgIpc) is 2.39. The summed E-state index contributed by atoms with van der Waals surface area (Å²) >= 11 is 0. The van der Waals surface area contributed by atoms with Crippen LogP contribution in [0.15, 0.2) is 6.07 Å². The summed E-state index contributed by atoms with van der Waals surface area (Å²) in [7, 11) is 1.89. The van der Waals surface area contributed by atoms with Crippen molar-refractivity contribution in [3.8, 4) is 0 Å². The molecule has 1 fully saturated rings. The standard InChI is InChI=1S/C14H23N3O/c1-10(2)11-9-12(15-4)17-13(16-11)14(3)7-5-6-8-18-14/h9-10H,5-8H2,1-4H3,(H,15,16,17). The Kier molecular flexibility index (Phi) is 3.85. The Balaban J connectivity index is 2.39. The van der Waals surface area contributed by atoms with E-state index < -0.39 is 0 Å². The van der Waals surface area contributed by atoms with Crippen LogP contribution in [0.1, 0.15) is 57.5 Å². The molecule has 18 heavy (non-hydrogen) atoms. The van der Waals surface area contributed by atoms with Crippen molar-refractivity contribution in [1.29, 1.82) is 0 Å². The smallest absolute Gasteiger partial charge is 0.162 e. The first-order valence-electron chi connectivity index (χ1n) is 6.76. The van der Waals surface area contributed by atoms with Gasteiger partial charge in [-0.1, -0.05) is 13.8 Å². The van der Waals surface area contributed by atoms with E-state index in [1.54, 1.807) is 0 Å². The second-order valence-corrected chi connectivity index (χ2v) is 5.44. The zero-order valence-corrected chi connectivity index (χ0v) is 11.8. The second-order valence-electron chi connectivity index (χ2n) is 5.44. The maximum absolute atomic E-state index is 5.93. The number of ether oxygens (including phenoxy) is 1. The molecule has 0 bridgehead atoms. The number of nitrogens with one attached hydrogen (secondary N) is 1. The molecule has 0 aromatic carbocycles. The third kappa shape index (κ3) is 2.64. The number of rotatable bonds is 3. The lowest BCUT2D eigenvalue weighted by Crippen LogP contribution is -2.32. The predicted octanol–water partition coefficient (Wildman–Crippen LogP) is 3.06. The van der Waals surface area contributed by atoms with Gasteiger partial charge in [0, 0.05) is 25.4 Å². The molecule has 0 aliphatic carbocycles. The van der Waals surface area contributed by atoms with E-state index in [-0.39, 0.29) is 5.60 Å². The molecule has 0 amide bonds. The third-order valence-electron chi connectivity index (χ3n) is 3.54. The first-order chi connectivity index (χ1) is 8.55. The number of anilines is 1. The second kappa shape index (κ2) is 5.22. The van der Waals surface area contributed by atoms with Crippen molar-refractivity contribution in [2.45, 2.75) is 51.6 Å². The zero-order valence-electron chi connectivity index (χ0n) is 11.8. The third-order valence-corrected chi connectivity index (χ3v) is 3.54. The Morgan fingerprint density at radius 1 is 1.33 bits per heavy atom. The van der Waals surface area contributed by atoms with Crippen LogP contribution < -0.4 is 5.32 Å². The molecule has 0 spiro atoms. The lowest BCUT2D eigenvalue weighted by molar-refractivity contribution is -0.0761. The average molecular weight is 249 g/mol. The van der Waals surface area contributed by atoms with Gasteiger partial charge in [0.1, 0.15) is 11.4 Å². The van der Waals surface area contributed by atoms with Crippen molar-refractivity contribution in [3.63, 3.8) is 0 Å². The van der Waals surface area contributed by atoms with Gasteiger partial charge in [0.25, 0.3) is 0 Å². The Labute approximate surface area is 109 Å². The number of nitrogens with zero attached hydrogens (tertiary/aromatic N) is 2. The first-order valence-corrected chi connectivity index (χ1v) is 6.76. The van der Waals surface area contributed by atoms with Gasteiger partial charge < -0.3 is 10.1 Å². The van der Waals surface area contributed by atoms with Crippen molar-refractivity contribution in [2.75, 3.05) is 19.0 Å². The van der Waals surface area contributed by atoms with Crippen molar-refractivity contribution in [1.82, 2.24) is 9.97 Å². The minimum Gasteiger partial charge on any atom is -0.373 e. The zero-order chi connectivity index (χ0) is 13.2. The van der Waals surface area contributed by atoms with Crippen LogP contribution in [0.2, 0.25) is 0 Å². The molecule has 4 heteroatoms. The Morgan fingerprint density at radius 2 is 2.11 bits per heavy atom. The van der Waals surface area contributed by atoms with Crippen LogP contribution in [0.25, 0.3) is 0 Å². The maximum Gasteiger partial charge on any atom is 0.162 e. The molecular weight excluding hydrogens is 226 g/mol. The summed E-state index contributed by atoms with van der Waals surface area (Å²) in [4.78, 5) is 9.28. The molecule has 100 valence electrons. The quantitative estimate of drug-likeness (QED) is 0.894. The summed E-state index contributed by atoms with van der Waals surface area (Å²) < 4.78 is 5.93. The summed E-state index contributed by atoms with van der Waals surface area (Å²) in [6.07, 6.45) is 3.32. The van der Waals surface area contributed by atoms with Crippen LogP contribution in [0.3, 0.4) is 0 Å². The molecule has 1 atom stereocenters. The summed E-state index contributed by atoms with van der Waals surface area (Å²) in [5, 5.41) is 3.11. The maximum atomic E-state index is 5.93. The number of hydrogen-bond acceptors (Lipinski definition) is 4.